The van der Waals surface area contributed by atoms with Crippen LogP contribution in [0, 0.1) is 0 Å². The van der Waals surface area contributed by atoms with Crippen molar-refractivity contribution in [2.75, 3.05) is 5.32 Å². The number of imidazole rings is 1. The van der Waals surface area contributed by atoms with Crippen LogP contribution in [-0.2, 0) is 11.2 Å². The highest BCUT2D eigenvalue weighted by Gasteiger charge is 2.30. The van der Waals surface area contributed by atoms with Crippen LogP contribution in [0.5, 0.6) is 0 Å². The number of fused-ring (bicyclic) bond motifs is 1. The van der Waals surface area contributed by atoms with Crippen molar-refractivity contribution in [3.8, 4) is 0 Å². The second-order valence-corrected chi connectivity index (χ2v) is 6.03. The van der Waals surface area contributed by atoms with Crippen molar-refractivity contribution in [2.45, 2.75) is 38.1 Å². The third-order valence-electron chi connectivity index (χ3n) is 3.52. The molecule has 106 valence electrons. The molecule has 0 spiro atoms. The van der Waals surface area contributed by atoms with Gasteiger partial charge in [-0.2, -0.15) is 0 Å². The molecule has 2 unspecified atom stereocenters. The molecule has 0 fully saturated rings. The molecule has 7 heteroatoms. The Morgan fingerprint density at radius 3 is 3.20 bits per heavy atom. The number of H-pyrrole nitrogens is 1. The zero-order valence-corrected chi connectivity index (χ0v) is 11.9. The van der Waals surface area contributed by atoms with Crippen molar-refractivity contribution in [3.05, 3.63) is 28.8 Å². The van der Waals surface area contributed by atoms with Gasteiger partial charge in [0.15, 0.2) is 5.13 Å². The molecule has 1 aliphatic carbocycles. The molecule has 0 radical (unpaired) electrons. The van der Waals surface area contributed by atoms with Gasteiger partial charge in [0.05, 0.1) is 11.7 Å². The number of nitrogens with zero attached hydrogens (tertiary/aromatic N) is 2. The Labute approximate surface area is 120 Å². The van der Waals surface area contributed by atoms with Gasteiger partial charge in [0.2, 0.25) is 0 Å². The third-order valence-corrected chi connectivity index (χ3v) is 4.58. The van der Waals surface area contributed by atoms with Crippen molar-refractivity contribution in [1.29, 1.82) is 0 Å². The molecule has 2 aromatic rings. The van der Waals surface area contributed by atoms with Gasteiger partial charge < -0.3 is 15.4 Å². The summed E-state index contributed by atoms with van der Waals surface area (Å²) in [4.78, 5) is 24.1. The summed E-state index contributed by atoms with van der Waals surface area (Å²) in [5.41, 5.74) is 0.739. The van der Waals surface area contributed by atoms with E-state index in [9.17, 15) is 9.90 Å². The van der Waals surface area contributed by atoms with Crippen LogP contribution >= 0.6 is 11.3 Å². The Hall–Kier alpha value is -1.89. The lowest BCUT2D eigenvalue weighted by Crippen LogP contribution is -2.17. The van der Waals surface area contributed by atoms with Gasteiger partial charge in [-0.3, -0.25) is 4.79 Å². The minimum absolute atomic E-state index is 0.0147. The van der Waals surface area contributed by atoms with E-state index >= 15 is 0 Å². The lowest BCUT2D eigenvalue weighted by atomic mass is 9.91. The average molecular weight is 292 g/mol. The topological polar surface area (TPSA) is 90.9 Å². The number of hydrogen-bond donors (Lipinski definition) is 3. The molecule has 3 rings (SSSR count). The monoisotopic (exact) mass is 292 g/mol. The number of rotatable bonds is 4. The summed E-state index contributed by atoms with van der Waals surface area (Å²) >= 11 is 1.55. The number of hydrogen-bond acceptors (Lipinski definition) is 5. The molecule has 3 N–H and O–H groups in total. The number of aryl methyl sites for hydroxylation is 1. The molecular formula is C13H16N4O2S. The van der Waals surface area contributed by atoms with Gasteiger partial charge in [-0.15, -0.1) is 11.3 Å². The van der Waals surface area contributed by atoms with Crippen LogP contribution in [-0.4, -0.2) is 26.0 Å². The molecule has 1 aliphatic rings. The second-order valence-electron chi connectivity index (χ2n) is 4.95. The Kier molecular flexibility index (Phi) is 3.43. The largest absolute Gasteiger partial charge is 0.481 e. The van der Waals surface area contributed by atoms with Crippen LogP contribution < -0.4 is 5.32 Å². The molecule has 0 aromatic carbocycles. The number of nitrogens with one attached hydrogen (secondary N) is 2. The van der Waals surface area contributed by atoms with E-state index in [2.05, 4.69) is 20.3 Å². The van der Waals surface area contributed by atoms with Gasteiger partial charge in [0.1, 0.15) is 11.7 Å². The number of carboxylic acids is 1. The van der Waals surface area contributed by atoms with Gasteiger partial charge in [0.25, 0.3) is 0 Å². The first-order chi connectivity index (χ1) is 9.65. The summed E-state index contributed by atoms with van der Waals surface area (Å²) in [5, 5.41) is 13.3. The van der Waals surface area contributed by atoms with E-state index in [-0.39, 0.29) is 6.04 Å². The fourth-order valence-electron chi connectivity index (χ4n) is 2.49. The summed E-state index contributed by atoms with van der Waals surface area (Å²) in [6.45, 7) is 1.99. The minimum atomic E-state index is -0.776. The van der Waals surface area contributed by atoms with Crippen LogP contribution in [0.4, 0.5) is 5.13 Å². The zero-order chi connectivity index (χ0) is 14.1. The van der Waals surface area contributed by atoms with Crippen molar-refractivity contribution in [2.24, 2.45) is 0 Å². The first-order valence-corrected chi connectivity index (χ1v) is 7.45. The molecule has 0 bridgehead atoms. The van der Waals surface area contributed by atoms with E-state index in [1.54, 1.807) is 23.7 Å². The first kappa shape index (κ1) is 13.1. The lowest BCUT2D eigenvalue weighted by Gasteiger charge is -2.16. The molecule has 0 saturated heterocycles. The maximum absolute atomic E-state index is 11.3. The zero-order valence-electron chi connectivity index (χ0n) is 11.1. The molecule has 20 heavy (non-hydrogen) atoms. The number of aromatic amines is 1. The van der Waals surface area contributed by atoms with E-state index in [0.29, 0.717) is 6.42 Å². The number of carboxylic acid groups (broad SMARTS) is 1. The number of aromatic nitrogens is 3. The summed E-state index contributed by atoms with van der Waals surface area (Å²) in [6, 6.07) is 0.0147. The lowest BCUT2D eigenvalue weighted by molar-refractivity contribution is -0.139. The van der Waals surface area contributed by atoms with Crippen molar-refractivity contribution in [1.82, 2.24) is 15.0 Å². The summed E-state index contributed by atoms with van der Waals surface area (Å²) in [6.07, 6.45) is 6.01. The highest BCUT2D eigenvalue weighted by atomic mass is 32.1. The van der Waals surface area contributed by atoms with Gasteiger partial charge in [-0.05, 0) is 26.2 Å². The Bertz CT molecular complexity index is 608. The molecule has 2 atom stereocenters. The van der Waals surface area contributed by atoms with Crippen LogP contribution in [0.1, 0.15) is 48.1 Å². The predicted octanol–water partition coefficient (Wildman–Crippen LogP) is 2.54. The Morgan fingerprint density at radius 1 is 1.65 bits per heavy atom. The van der Waals surface area contributed by atoms with Crippen molar-refractivity contribution in [3.63, 3.8) is 0 Å². The normalized spacial score (nSPS) is 19.4. The molecule has 2 heterocycles. The first-order valence-electron chi connectivity index (χ1n) is 6.63. The van der Waals surface area contributed by atoms with Gasteiger partial charge in [-0.1, -0.05) is 0 Å². The van der Waals surface area contributed by atoms with E-state index < -0.39 is 11.9 Å². The molecular weight excluding hydrogens is 276 g/mol. The molecule has 2 aromatic heterocycles. The number of thiazole rings is 1. The summed E-state index contributed by atoms with van der Waals surface area (Å²) in [5.74, 6) is -0.390. The molecule has 0 saturated carbocycles. The third kappa shape index (κ3) is 2.40. The SMILES string of the molecule is CC(Nc1nc2c(s1)CCCC2C(=O)O)c1ncc[nH]1. The van der Waals surface area contributed by atoms with Gasteiger partial charge in [0, 0.05) is 17.3 Å². The maximum atomic E-state index is 11.3. The highest BCUT2D eigenvalue weighted by molar-refractivity contribution is 7.15. The molecule has 0 amide bonds. The number of aliphatic carboxylic acids is 1. The van der Waals surface area contributed by atoms with Gasteiger partial charge >= 0.3 is 5.97 Å². The summed E-state index contributed by atoms with van der Waals surface area (Å²) in [7, 11) is 0. The molecule has 0 aliphatic heterocycles. The Morgan fingerprint density at radius 2 is 2.50 bits per heavy atom. The molecule has 6 nitrogen and oxygen atoms in total. The summed E-state index contributed by atoms with van der Waals surface area (Å²) < 4.78 is 0. The Balaban J connectivity index is 1.81. The average Bonchev–Trinajstić information content (AvgIpc) is 3.06. The van der Waals surface area contributed by atoms with Crippen LogP contribution in [0.25, 0.3) is 0 Å². The van der Waals surface area contributed by atoms with Crippen LogP contribution in [0.2, 0.25) is 0 Å². The van der Waals surface area contributed by atoms with E-state index in [4.69, 9.17) is 0 Å². The highest BCUT2D eigenvalue weighted by Crippen LogP contribution is 2.37. The van der Waals surface area contributed by atoms with E-state index in [1.807, 2.05) is 6.92 Å². The fraction of sp³-hybridized carbons (Fsp3) is 0.462. The van der Waals surface area contributed by atoms with Crippen molar-refractivity contribution < 1.29 is 9.90 Å². The number of anilines is 1. The van der Waals surface area contributed by atoms with E-state index in [1.165, 1.54) is 0 Å². The predicted molar refractivity (Wildman–Crippen MR) is 76.1 cm³/mol. The number of carbonyl (C=O) groups is 1. The minimum Gasteiger partial charge on any atom is -0.481 e. The van der Waals surface area contributed by atoms with E-state index in [0.717, 1.165) is 34.4 Å². The van der Waals surface area contributed by atoms with Gasteiger partial charge in [-0.25, -0.2) is 9.97 Å². The fourth-order valence-corrected chi connectivity index (χ4v) is 3.64. The van der Waals surface area contributed by atoms with Crippen LogP contribution in [0.15, 0.2) is 12.4 Å². The smallest absolute Gasteiger partial charge is 0.312 e. The standard InChI is InChI=1S/C13H16N4O2S/c1-7(11-14-5-6-15-11)16-13-17-10-8(12(18)19)3-2-4-9(10)20-13/h5-8H,2-4H2,1H3,(H,14,15)(H,16,17)(H,18,19). The van der Waals surface area contributed by atoms with Crippen molar-refractivity contribution >= 4 is 22.4 Å². The maximum Gasteiger partial charge on any atom is 0.312 e. The second kappa shape index (κ2) is 5.24. The quantitative estimate of drug-likeness (QED) is 0.805. The van der Waals surface area contributed by atoms with Crippen LogP contribution in [0.3, 0.4) is 0 Å².